The first kappa shape index (κ1) is 20.5. The van der Waals surface area contributed by atoms with Crippen LogP contribution in [0.5, 0.6) is 0 Å². The Labute approximate surface area is 169 Å². The van der Waals surface area contributed by atoms with Crippen molar-refractivity contribution in [2.24, 2.45) is 0 Å². The SMILES string of the molecule is Cc1sc(NC(=O)c2ccc(S(=O)(=O)N3CCCCC3C)cc2)c(C#N)c1C. The summed E-state index contributed by atoms with van der Waals surface area (Å²) in [5.41, 5.74) is 1.67. The molecule has 6 nitrogen and oxygen atoms in total. The highest BCUT2D eigenvalue weighted by atomic mass is 32.2. The molecule has 1 unspecified atom stereocenters. The number of carbonyl (C=O) groups excluding carboxylic acids is 1. The van der Waals surface area contributed by atoms with Gasteiger partial charge >= 0.3 is 0 Å². The molecule has 0 radical (unpaired) electrons. The number of benzene rings is 1. The number of aryl methyl sites for hydroxylation is 1. The molecule has 1 fully saturated rings. The van der Waals surface area contributed by atoms with Crippen molar-refractivity contribution in [3.63, 3.8) is 0 Å². The normalized spacial score (nSPS) is 17.9. The lowest BCUT2D eigenvalue weighted by Crippen LogP contribution is -2.41. The van der Waals surface area contributed by atoms with Crippen LogP contribution in [-0.2, 0) is 10.0 Å². The first-order valence-electron chi connectivity index (χ1n) is 9.19. The van der Waals surface area contributed by atoms with Crippen molar-refractivity contribution < 1.29 is 13.2 Å². The predicted molar refractivity (Wildman–Crippen MR) is 110 cm³/mol. The number of carbonyl (C=O) groups is 1. The first-order valence-corrected chi connectivity index (χ1v) is 11.4. The van der Waals surface area contributed by atoms with Crippen molar-refractivity contribution in [1.82, 2.24) is 4.31 Å². The van der Waals surface area contributed by atoms with Crippen LogP contribution in [0.1, 0.15) is 52.5 Å². The van der Waals surface area contributed by atoms with E-state index in [9.17, 15) is 18.5 Å². The van der Waals surface area contributed by atoms with Crippen molar-refractivity contribution in [3.05, 3.63) is 45.8 Å². The van der Waals surface area contributed by atoms with E-state index in [-0.39, 0.29) is 16.8 Å². The maximum absolute atomic E-state index is 12.9. The average Bonchev–Trinajstić information content (AvgIpc) is 2.94. The molecular weight excluding hydrogens is 394 g/mol. The second kappa shape index (κ2) is 8.03. The van der Waals surface area contributed by atoms with Gasteiger partial charge < -0.3 is 5.32 Å². The molecule has 0 aliphatic carbocycles. The first-order chi connectivity index (χ1) is 13.3. The summed E-state index contributed by atoms with van der Waals surface area (Å²) in [5.74, 6) is -0.368. The highest BCUT2D eigenvalue weighted by Gasteiger charge is 2.31. The van der Waals surface area contributed by atoms with Crippen molar-refractivity contribution in [1.29, 1.82) is 5.26 Å². The number of nitrogens with one attached hydrogen (secondary N) is 1. The Balaban J connectivity index is 1.80. The van der Waals surface area contributed by atoms with Gasteiger partial charge in [-0.1, -0.05) is 6.42 Å². The number of rotatable bonds is 4. The van der Waals surface area contributed by atoms with Crippen LogP contribution in [0.25, 0.3) is 0 Å². The molecule has 1 aliphatic heterocycles. The standard InChI is InChI=1S/C20H23N3O3S2/c1-13-6-4-5-11-23(13)28(25,26)17-9-7-16(8-10-17)19(24)22-20-18(12-21)14(2)15(3)27-20/h7-10,13H,4-6,11H2,1-3H3,(H,22,24). The summed E-state index contributed by atoms with van der Waals surface area (Å²) in [6.45, 7) is 6.20. The zero-order chi connectivity index (χ0) is 20.5. The minimum atomic E-state index is -3.56. The third kappa shape index (κ3) is 3.83. The largest absolute Gasteiger partial charge is 0.312 e. The maximum atomic E-state index is 12.9. The molecule has 1 aromatic heterocycles. The van der Waals surface area contributed by atoms with Gasteiger partial charge in [0, 0.05) is 23.0 Å². The summed E-state index contributed by atoms with van der Waals surface area (Å²) in [6.07, 6.45) is 2.77. The van der Waals surface area contributed by atoms with Gasteiger partial charge in [0.25, 0.3) is 5.91 Å². The van der Waals surface area contributed by atoms with E-state index >= 15 is 0 Å². The van der Waals surface area contributed by atoms with E-state index in [0.29, 0.717) is 22.7 Å². The molecule has 8 heteroatoms. The van der Waals surface area contributed by atoms with Crippen LogP contribution in [0.15, 0.2) is 29.2 Å². The van der Waals surface area contributed by atoms with Gasteiger partial charge in [0.2, 0.25) is 10.0 Å². The summed E-state index contributed by atoms with van der Waals surface area (Å²) in [5, 5.41) is 12.6. The minimum Gasteiger partial charge on any atom is -0.312 e. The molecule has 28 heavy (non-hydrogen) atoms. The zero-order valence-electron chi connectivity index (χ0n) is 16.2. The Kier molecular flexibility index (Phi) is 5.89. The van der Waals surface area contributed by atoms with E-state index in [1.807, 2.05) is 20.8 Å². The predicted octanol–water partition coefficient (Wildman–Crippen LogP) is 4.05. The molecule has 1 N–H and O–H groups in total. The molecule has 148 valence electrons. The molecule has 1 aromatic carbocycles. The lowest BCUT2D eigenvalue weighted by atomic mass is 10.1. The maximum Gasteiger partial charge on any atom is 0.256 e. The van der Waals surface area contributed by atoms with Crippen molar-refractivity contribution in [2.45, 2.75) is 51.0 Å². The summed E-state index contributed by atoms with van der Waals surface area (Å²) in [7, 11) is -3.56. The highest BCUT2D eigenvalue weighted by molar-refractivity contribution is 7.89. The van der Waals surface area contributed by atoms with Gasteiger partial charge in [-0.15, -0.1) is 11.3 Å². The summed E-state index contributed by atoms with van der Waals surface area (Å²) < 4.78 is 27.3. The van der Waals surface area contributed by atoms with Crippen molar-refractivity contribution in [2.75, 3.05) is 11.9 Å². The van der Waals surface area contributed by atoms with Gasteiger partial charge in [-0.2, -0.15) is 9.57 Å². The molecule has 1 saturated heterocycles. The summed E-state index contributed by atoms with van der Waals surface area (Å²) in [4.78, 5) is 13.7. The van der Waals surface area contributed by atoms with Crippen molar-refractivity contribution >= 4 is 32.3 Å². The molecule has 2 heterocycles. The Morgan fingerprint density at radius 1 is 1.25 bits per heavy atom. The zero-order valence-corrected chi connectivity index (χ0v) is 17.8. The van der Waals surface area contributed by atoms with Gasteiger partial charge in [-0.25, -0.2) is 8.42 Å². The molecule has 1 atom stereocenters. The Morgan fingerprint density at radius 3 is 2.54 bits per heavy atom. The monoisotopic (exact) mass is 417 g/mol. The second-order valence-electron chi connectivity index (χ2n) is 7.04. The number of nitrogens with zero attached hydrogens (tertiary/aromatic N) is 2. The lowest BCUT2D eigenvalue weighted by Gasteiger charge is -2.32. The Hall–Kier alpha value is -2.21. The summed E-state index contributed by atoms with van der Waals surface area (Å²) >= 11 is 1.36. The van der Waals surface area contributed by atoms with E-state index in [1.165, 1.54) is 35.6 Å². The number of nitriles is 1. The molecule has 1 aliphatic rings. The molecular formula is C20H23N3O3S2. The third-order valence-electron chi connectivity index (χ3n) is 5.19. The second-order valence-corrected chi connectivity index (χ2v) is 10.2. The number of hydrogen-bond donors (Lipinski definition) is 1. The quantitative estimate of drug-likeness (QED) is 0.812. The number of piperidine rings is 1. The van der Waals surface area contributed by atoms with Crippen LogP contribution < -0.4 is 5.32 Å². The number of hydrogen-bond acceptors (Lipinski definition) is 5. The molecule has 1 amide bonds. The van der Waals surface area contributed by atoms with Crippen LogP contribution >= 0.6 is 11.3 Å². The van der Waals surface area contributed by atoms with Crippen molar-refractivity contribution in [3.8, 4) is 6.07 Å². The van der Waals surface area contributed by atoms with Gasteiger partial charge in [0.15, 0.2) is 0 Å². The topological polar surface area (TPSA) is 90.3 Å². The van der Waals surface area contributed by atoms with Crippen LogP contribution in [-0.4, -0.2) is 31.2 Å². The van der Waals surface area contributed by atoms with Crippen LogP contribution in [0.2, 0.25) is 0 Å². The number of thiophene rings is 1. The van der Waals surface area contributed by atoms with Gasteiger partial charge in [0.1, 0.15) is 11.1 Å². The Bertz CT molecular complexity index is 1030. The van der Waals surface area contributed by atoms with E-state index in [1.54, 1.807) is 4.31 Å². The number of amides is 1. The number of sulfonamides is 1. The third-order valence-corrected chi connectivity index (χ3v) is 8.34. The molecule has 0 spiro atoms. The molecule has 0 bridgehead atoms. The average molecular weight is 418 g/mol. The van der Waals surface area contributed by atoms with E-state index < -0.39 is 10.0 Å². The minimum absolute atomic E-state index is 0.0172. The van der Waals surface area contributed by atoms with E-state index in [0.717, 1.165) is 29.7 Å². The smallest absolute Gasteiger partial charge is 0.256 e. The fourth-order valence-electron chi connectivity index (χ4n) is 3.37. The number of anilines is 1. The van der Waals surface area contributed by atoms with Crippen LogP contribution in [0.4, 0.5) is 5.00 Å². The van der Waals surface area contributed by atoms with Gasteiger partial charge in [-0.05, 0) is 63.4 Å². The van der Waals surface area contributed by atoms with Crippen LogP contribution in [0.3, 0.4) is 0 Å². The fourth-order valence-corrected chi connectivity index (χ4v) is 6.07. The van der Waals surface area contributed by atoms with E-state index in [4.69, 9.17) is 0 Å². The fraction of sp³-hybridized carbons (Fsp3) is 0.400. The van der Waals surface area contributed by atoms with Gasteiger partial charge in [0.05, 0.1) is 10.5 Å². The van der Waals surface area contributed by atoms with E-state index in [2.05, 4.69) is 11.4 Å². The van der Waals surface area contributed by atoms with Gasteiger partial charge in [-0.3, -0.25) is 4.79 Å². The van der Waals surface area contributed by atoms with Crippen LogP contribution in [0, 0.1) is 25.2 Å². The lowest BCUT2D eigenvalue weighted by molar-refractivity contribution is 0.102. The highest BCUT2D eigenvalue weighted by Crippen LogP contribution is 2.32. The molecule has 3 rings (SSSR count). The molecule has 0 saturated carbocycles. The molecule has 2 aromatic rings. The Morgan fingerprint density at radius 2 is 1.93 bits per heavy atom. The summed E-state index contributed by atoms with van der Waals surface area (Å²) in [6, 6.07) is 8.07.